The molecule has 16 heavy (non-hydrogen) atoms. The Labute approximate surface area is 110 Å². The Bertz CT molecular complexity index is 385. The van der Waals surface area contributed by atoms with Crippen molar-refractivity contribution in [3.05, 3.63) is 21.8 Å². The standard InChI is InChI=1S/C13H17IN2/c14-10-5-6-12(11(15)7-10)16-13(8-1-2-8)9-3-4-9/h5-9,13,16H,1-4,15H2. The molecular weight excluding hydrogens is 311 g/mol. The Balaban J connectivity index is 1.76. The number of nitrogens with one attached hydrogen (secondary N) is 1. The molecule has 0 heterocycles. The molecule has 0 unspecified atom stereocenters. The van der Waals surface area contributed by atoms with Crippen molar-refractivity contribution in [2.45, 2.75) is 31.7 Å². The molecule has 86 valence electrons. The number of hydrogen-bond donors (Lipinski definition) is 2. The first-order valence-corrected chi connectivity index (χ1v) is 7.13. The Morgan fingerprint density at radius 2 is 1.81 bits per heavy atom. The van der Waals surface area contributed by atoms with Gasteiger partial charge in [-0.05, 0) is 78.3 Å². The molecule has 0 aliphatic heterocycles. The van der Waals surface area contributed by atoms with E-state index in [1.807, 2.05) is 6.07 Å². The van der Waals surface area contributed by atoms with Crippen LogP contribution in [0.3, 0.4) is 0 Å². The monoisotopic (exact) mass is 328 g/mol. The Hall–Kier alpha value is -0.450. The van der Waals surface area contributed by atoms with Crippen LogP contribution in [0.5, 0.6) is 0 Å². The fourth-order valence-electron chi connectivity index (χ4n) is 2.38. The second kappa shape index (κ2) is 4.09. The number of halogens is 1. The minimum Gasteiger partial charge on any atom is -0.397 e. The first kappa shape index (κ1) is 10.7. The summed E-state index contributed by atoms with van der Waals surface area (Å²) in [6.07, 6.45) is 5.60. The van der Waals surface area contributed by atoms with Gasteiger partial charge in [0.25, 0.3) is 0 Å². The number of hydrogen-bond acceptors (Lipinski definition) is 2. The molecule has 1 aromatic carbocycles. The summed E-state index contributed by atoms with van der Waals surface area (Å²) in [5.74, 6) is 1.82. The van der Waals surface area contributed by atoms with Gasteiger partial charge in [0, 0.05) is 9.61 Å². The highest BCUT2D eigenvalue weighted by molar-refractivity contribution is 14.1. The average molecular weight is 328 g/mol. The molecule has 3 rings (SSSR count). The summed E-state index contributed by atoms with van der Waals surface area (Å²) in [6, 6.07) is 6.97. The number of nitrogens with two attached hydrogens (primary N) is 1. The van der Waals surface area contributed by atoms with Gasteiger partial charge >= 0.3 is 0 Å². The molecule has 1 aromatic rings. The van der Waals surface area contributed by atoms with Crippen molar-refractivity contribution in [3.8, 4) is 0 Å². The van der Waals surface area contributed by atoms with Crippen LogP contribution in [0.15, 0.2) is 18.2 Å². The molecule has 2 saturated carbocycles. The van der Waals surface area contributed by atoms with Gasteiger partial charge in [-0.2, -0.15) is 0 Å². The molecule has 3 heteroatoms. The normalized spacial score (nSPS) is 20.1. The third-order valence-electron chi connectivity index (χ3n) is 3.60. The summed E-state index contributed by atoms with van der Waals surface area (Å²) in [5.41, 5.74) is 8.06. The number of anilines is 2. The molecule has 0 spiro atoms. The van der Waals surface area contributed by atoms with E-state index in [1.165, 1.54) is 29.3 Å². The largest absolute Gasteiger partial charge is 0.397 e. The van der Waals surface area contributed by atoms with E-state index >= 15 is 0 Å². The summed E-state index contributed by atoms with van der Waals surface area (Å²) >= 11 is 2.30. The van der Waals surface area contributed by atoms with E-state index in [9.17, 15) is 0 Å². The summed E-state index contributed by atoms with van der Waals surface area (Å²) in [7, 11) is 0. The lowest BCUT2D eigenvalue weighted by Gasteiger charge is -2.20. The van der Waals surface area contributed by atoms with Crippen molar-refractivity contribution in [1.82, 2.24) is 0 Å². The average Bonchev–Trinajstić information content (AvgIpc) is 3.11. The van der Waals surface area contributed by atoms with Crippen molar-refractivity contribution in [2.24, 2.45) is 11.8 Å². The number of nitrogen functional groups attached to an aromatic ring is 1. The van der Waals surface area contributed by atoms with Crippen LogP contribution in [0.25, 0.3) is 0 Å². The SMILES string of the molecule is Nc1cc(I)ccc1NC(C1CC1)C1CC1. The first-order valence-electron chi connectivity index (χ1n) is 6.05. The van der Waals surface area contributed by atoms with Gasteiger partial charge in [0.15, 0.2) is 0 Å². The predicted molar refractivity (Wildman–Crippen MR) is 76.4 cm³/mol. The van der Waals surface area contributed by atoms with Gasteiger partial charge in [0.1, 0.15) is 0 Å². The predicted octanol–water partition coefficient (Wildman–Crippen LogP) is 3.47. The molecule has 0 atom stereocenters. The molecular formula is C13H17IN2. The maximum absolute atomic E-state index is 6.04. The summed E-state index contributed by atoms with van der Waals surface area (Å²) < 4.78 is 1.20. The van der Waals surface area contributed by atoms with Gasteiger partial charge in [-0.15, -0.1) is 0 Å². The van der Waals surface area contributed by atoms with E-state index in [-0.39, 0.29) is 0 Å². The van der Waals surface area contributed by atoms with E-state index in [2.05, 4.69) is 40.0 Å². The Kier molecular flexibility index (Phi) is 2.73. The fourth-order valence-corrected chi connectivity index (χ4v) is 2.89. The lowest BCUT2D eigenvalue weighted by atomic mass is 10.1. The van der Waals surface area contributed by atoms with Gasteiger partial charge < -0.3 is 11.1 Å². The van der Waals surface area contributed by atoms with Crippen molar-refractivity contribution in [1.29, 1.82) is 0 Å². The molecule has 0 saturated heterocycles. The van der Waals surface area contributed by atoms with Crippen LogP contribution in [0.2, 0.25) is 0 Å². The van der Waals surface area contributed by atoms with E-state index < -0.39 is 0 Å². The molecule has 0 bridgehead atoms. The molecule has 3 N–H and O–H groups in total. The maximum atomic E-state index is 6.04. The second-order valence-electron chi connectivity index (χ2n) is 5.08. The third-order valence-corrected chi connectivity index (χ3v) is 4.27. The van der Waals surface area contributed by atoms with Gasteiger partial charge in [-0.1, -0.05) is 0 Å². The van der Waals surface area contributed by atoms with E-state index in [4.69, 9.17) is 5.73 Å². The molecule has 0 aromatic heterocycles. The van der Waals surface area contributed by atoms with Crippen LogP contribution in [0, 0.1) is 15.4 Å². The van der Waals surface area contributed by atoms with Crippen LogP contribution in [0.4, 0.5) is 11.4 Å². The molecule has 0 amide bonds. The van der Waals surface area contributed by atoms with Crippen LogP contribution >= 0.6 is 22.6 Å². The topological polar surface area (TPSA) is 38.0 Å². The minimum atomic E-state index is 0.683. The first-order chi connectivity index (χ1) is 7.74. The van der Waals surface area contributed by atoms with E-state index in [1.54, 1.807) is 0 Å². The zero-order valence-corrected chi connectivity index (χ0v) is 11.4. The highest BCUT2D eigenvalue weighted by Gasteiger charge is 2.41. The maximum Gasteiger partial charge on any atom is 0.0577 e. The van der Waals surface area contributed by atoms with Crippen LogP contribution in [-0.4, -0.2) is 6.04 Å². The van der Waals surface area contributed by atoms with Crippen molar-refractivity contribution < 1.29 is 0 Å². The lowest BCUT2D eigenvalue weighted by molar-refractivity contribution is 0.568. The quantitative estimate of drug-likeness (QED) is 0.656. The number of rotatable bonds is 4. The van der Waals surface area contributed by atoms with Gasteiger partial charge in [-0.25, -0.2) is 0 Å². The van der Waals surface area contributed by atoms with Crippen molar-refractivity contribution in [3.63, 3.8) is 0 Å². The minimum absolute atomic E-state index is 0.683. The van der Waals surface area contributed by atoms with E-state index in [0.717, 1.165) is 23.2 Å². The van der Waals surface area contributed by atoms with Crippen LogP contribution in [0.1, 0.15) is 25.7 Å². The van der Waals surface area contributed by atoms with Gasteiger partial charge in [0.2, 0.25) is 0 Å². The fraction of sp³-hybridized carbons (Fsp3) is 0.538. The zero-order valence-electron chi connectivity index (χ0n) is 9.25. The number of benzene rings is 1. The summed E-state index contributed by atoms with van der Waals surface area (Å²) in [6.45, 7) is 0. The van der Waals surface area contributed by atoms with Crippen LogP contribution in [-0.2, 0) is 0 Å². The third kappa shape index (κ3) is 2.29. The molecule has 2 fully saturated rings. The van der Waals surface area contributed by atoms with Gasteiger partial charge in [0.05, 0.1) is 11.4 Å². The Morgan fingerprint density at radius 3 is 2.31 bits per heavy atom. The van der Waals surface area contributed by atoms with Gasteiger partial charge in [-0.3, -0.25) is 0 Å². The van der Waals surface area contributed by atoms with Crippen molar-refractivity contribution in [2.75, 3.05) is 11.1 Å². The lowest BCUT2D eigenvalue weighted by Crippen LogP contribution is -2.24. The molecule has 0 radical (unpaired) electrons. The highest BCUT2D eigenvalue weighted by Crippen LogP contribution is 2.46. The zero-order chi connectivity index (χ0) is 11.1. The van der Waals surface area contributed by atoms with Crippen LogP contribution < -0.4 is 11.1 Å². The second-order valence-corrected chi connectivity index (χ2v) is 6.32. The summed E-state index contributed by atoms with van der Waals surface area (Å²) in [5, 5.41) is 3.67. The molecule has 2 nitrogen and oxygen atoms in total. The molecule has 2 aliphatic carbocycles. The van der Waals surface area contributed by atoms with E-state index in [0.29, 0.717) is 6.04 Å². The molecule has 2 aliphatic rings. The Morgan fingerprint density at radius 1 is 1.19 bits per heavy atom. The highest BCUT2D eigenvalue weighted by atomic mass is 127. The van der Waals surface area contributed by atoms with Crippen molar-refractivity contribution >= 4 is 34.0 Å². The smallest absolute Gasteiger partial charge is 0.0577 e. The summed E-state index contributed by atoms with van der Waals surface area (Å²) in [4.78, 5) is 0.